The Morgan fingerprint density at radius 2 is 2.00 bits per heavy atom. The molecule has 3 heterocycles. The number of hydrogen-bond acceptors (Lipinski definition) is 7. The summed E-state index contributed by atoms with van der Waals surface area (Å²) in [6.07, 6.45) is 10.2. The Balaban J connectivity index is 1.91. The lowest BCUT2D eigenvalue weighted by Crippen LogP contribution is -2.42. The average Bonchev–Trinajstić information content (AvgIpc) is 3.32. The molecular weight excluding hydrogens is 390 g/mol. The van der Waals surface area contributed by atoms with Gasteiger partial charge in [0.2, 0.25) is 0 Å². The Labute approximate surface area is 181 Å². The summed E-state index contributed by atoms with van der Waals surface area (Å²) in [4.78, 5) is 28.0. The minimum absolute atomic E-state index is 0.235. The first-order valence-electron chi connectivity index (χ1n) is 10.2. The second-order valence-corrected chi connectivity index (χ2v) is 7.50. The number of nitriles is 1. The van der Waals surface area contributed by atoms with Crippen LogP contribution in [0, 0.1) is 11.3 Å². The molecule has 1 aromatic carbocycles. The summed E-state index contributed by atoms with van der Waals surface area (Å²) in [5.74, 6) is -0.482. The topological polar surface area (TPSA) is 92.0 Å². The van der Waals surface area contributed by atoms with Crippen molar-refractivity contribution in [3.8, 4) is 6.07 Å². The summed E-state index contributed by atoms with van der Waals surface area (Å²) < 4.78 is 5.11. The summed E-state index contributed by atoms with van der Waals surface area (Å²) in [7, 11) is 1.42. The quantitative estimate of drug-likeness (QED) is 0.573. The molecule has 0 aliphatic carbocycles. The predicted molar refractivity (Wildman–Crippen MR) is 114 cm³/mol. The van der Waals surface area contributed by atoms with Crippen molar-refractivity contribution in [2.24, 2.45) is 0 Å². The Morgan fingerprint density at radius 1 is 1.16 bits per heavy atom. The zero-order valence-corrected chi connectivity index (χ0v) is 17.3. The maximum absolute atomic E-state index is 12.6. The van der Waals surface area contributed by atoms with Gasteiger partial charge in [-0.3, -0.25) is 24.6 Å². The third-order valence-corrected chi connectivity index (χ3v) is 5.74. The van der Waals surface area contributed by atoms with Crippen LogP contribution in [-0.2, 0) is 9.53 Å². The van der Waals surface area contributed by atoms with E-state index in [2.05, 4.69) is 25.9 Å². The molecule has 0 spiro atoms. The number of carbonyl (C=O) groups is 1. The van der Waals surface area contributed by atoms with Crippen LogP contribution in [0.1, 0.15) is 47.2 Å². The van der Waals surface area contributed by atoms with Crippen LogP contribution >= 0.6 is 0 Å². The van der Waals surface area contributed by atoms with E-state index in [4.69, 9.17) is 4.74 Å². The number of nitrogens with zero attached hydrogens (tertiary/aromatic N) is 5. The fourth-order valence-corrected chi connectivity index (χ4v) is 4.42. The van der Waals surface area contributed by atoms with E-state index < -0.39 is 0 Å². The van der Waals surface area contributed by atoms with E-state index in [1.54, 1.807) is 30.9 Å². The monoisotopic (exact) mass is 413 g/mol. The number of methoxy groups -OCH3 is 1. The lowest BCUT2D eigenvalue weighted by atomic mass is 9.83. The molecule has 3 aromatic rings. The minimum Gasteiger partial charge on any atom is -0.468 e. The number of benzene rings is 1. The standard InChI is InChI=1S/C24H23N5O2/c1-31-24(30)21-8-4-12-29(21)23(18-6-2-5-17(13-18)14-25)22(19-7-3-9-26-15-19)20-16-27-10-11-28-20/h2-3,5-7,9-11,13,15-16,21-23H,4,8,12H2,1H3/t21-,22?,23?/m0/s1. The van der Waals surface area contributed by atoms with Gasteiger partial charge >= 0.3 is 5.97 Å². The van der Waals surface area contributed by atoms with Crippen molar-refractivity contribution in [2.75, 3.05) is 13.7 Å². The molecule has 2 aromatic heterocycles. The lowest BCUT2D eigenvalue weighted by Gasteiger charge is -2.37. The number of likely N-dealkylation sites (tertiary alicyclic amines) is 1. The predicted octanol–water partition coefficient (Wildman–Crippen LogP) is 3.25. The first kappa shape index (κ1) is 20.6. The second-order valence-electron chi connectivity index (χ2n) is 7.50. The molecule has 0 amide bonds. The first-order chi connectivity index (χ1) is 15.2. The fourth-order valence-electron chi connectivity index (χ4n) is 4.42. The van der Waals surface area contributed by atoms with Gasteiger partial charge in [0, 0.05) is 42.9 Å². The van der Waals surface area contributed by atoms with E-state index in [1.807, 2.05) is 36.5 Å². The zero-order chi connectivity index (χ0) is 21.6. The van der Waals surface area contributed by atoms with Crippen molar-refractivity contribution >= 4 is 5.97 Å². The molecular formula is C24H23N5O2. The molecule has 4 rings (SSSR count). The van der Waals surface area contributed by atoms with Crippen molar-refractivity contribution in [1.82, 2.24) is 19.9 Å². The van der Waals surface area contributed by atoms with Gasteiger partial charge in [-0.2, -0.15) is 5.26 Å². The normalized spacial score (nSPS) is 18.1. The van der Waals surface area contributed by atoms with Crippen LogP contribution in [0.25, 0.3) is 0 Å². The number of carbonyl (C=O) groups excluding carboxylic acids is 1. The third kappa shape index (κ3) is 4.30. The van der Waals surface area contributed by atoms with Crippen LogP contribution in [0.3, 0.4) is 0 Å². The van der Waals surface area contributed by atoms with Gasteiger partial charge in [0.1, 0.15) is 6.04 Å². The summed E-state index contributed by atoms with van der Waals surface area (Å²) in [5.41, 5.74) is 3.25. The average molecular weight is 413 g/mol. The Morgan fingerprint density at radius 3 is 2.71 bits per heavy atom. The molecule has 0 N–H and O–H groups in total. The molecule has 1 aliphatic heterocycles. The van der Waals surface area contributed by atoms with E-state index in [9.17, 15) is 10.1 Å². The Hall–Kier alpha value is -3.63. The number of esters is 1. The highest BCUT2D eigenvalue weighted by molar-refractivity contribution is 5.76. The van der Waals surface area contributed by atoms with Gasteiger partial charge in [-0.05, 0) is 48.7 Å². The highest BCUT2D eigenvalue weighted by atomic mass is 16.5. The molecule has 156 valence electrons. The van der Waals surface area contributed by atoms with Crippen LogP contribution in [0.5, 0.6) is 0 Å². The van der Waals surface area contributed by atoms with Crippen LogP contribution < -0.4 is 0 Å². The fraction of sp³-hybridized carbons (Fsp3) is 0.292. The van der Waals surface area contributed by atoms with Gasteiger partial charge < -0.3 is 4.74 Å². The van der Waals surface area contributed by atoms with E-state index in [0.29, 0.717) is 5.56 Å². The summed E-state index contributed by atoms with van der Waals surface area (Å²) in [6, 6.07) is 13.1. The maximum Gasteiger partial charge on any atom is 0.323 e. The van der Waals surface area contributed by atoms with Crippen molar-refractivity contribution in [1.29, 1.82) is 5.26 Å². The number of aromatic nitrogens is 3. The van der Waals surface area contributed by atoms with E-state index >= 15 is 0 Å². The maximum atomic E-state index is 12.6. The third-order valence-electron chi connectivity index (χ3n) is 5.74. The van der Waals surface area contributed by atoms with Gasteiger partial charge in [0.15, 0.2) is 0 Å². The van der Waals surface area contributed by atoms with Gasteiger partial charge in [0.05, 0.1) is 24.4 Å². The largest absolute Gasteiger partial charge is 0.468 e. The van der Waals surface area contributed by atoms with Crippen LogP contribution in [0.4, 0.5) is 0 Å². The van der Waals surface area contributed by atoms with Crippen LogP contribution in [0.2, 0.25) is 0 Å². The molecule has 1 aliphatic rings. The lowest BCUT2D eigenvalue weighted by molar-refractivity contribution is -0.146. The summed E-state index contributed by atoms with van der Waals surface area (Å²) in [5, 5.41) is 9.49. The molecule has 0 saturated carbocycles. The van der Waals surface area contributed by atoms with Gasteiger partial charge in [-0.25, -0.2) is 0 Å². The molecule has 0 radical (unpaired) electrons. The number of rotatable bonds is 6. The molecule has 2 unspecified atom stereocenters. The highest BCUT2D eigenvalue weighted by Crippen LogP contribution is 2.43. The number of ether oxygens (including phenoxy) is 1. The molecule has 1 saturated heterocycles. The first-order valence-corrected chi connectivity index (χ1v) is 10.2. The highest BCUT2D eigenvalue weighted by Gasteiger charge is 2.41. The SMILES string of the molecule is COC(=O)[C@@H]1CCCN1C(c1cccc(C#N)c1)C(c1cccnc1)c1cnccn1. The van der Waals surface area contributed by atoms with Gasteiger partial charge in [-0.1, -0.05) is 18.2 Å². The van der Waals surface area contributed by atoms with E-state index in [0.717, 1.165) is 36.2 Å². The molecule has 1 fully saturated rings. The second kappa shape index (κ2) is 9.45. The minimum atomic E-state index is -0.364. The summed E-state index contributed by atoms with van der Waals surface area (Å²) >= 11 is 0. The Bertz CT molecular complexity index is 1030. The van der Waals surface area contributed by atoms with Crippen LogP contribution in [-0.4, -0.2) is 45.5 Å². The molecule has 31 heavy (non-hydrogen) atoms. The van der Waals surface area contributed by atoms with E-state index in [-0.39, 0.29) is 24.0 Å². The van der Waals surface area contributed by atoms with Crippen molar-refractivity contribution in [3.63, 3.8) is 0 Å². The van der Waals surface area contributed by atoms with Crippen molar-refractivity contribution < 1.29 is 9.53 Å². The van der Waals surface area contributed by atoms with E-state index in [1.165, 1.54) is 7.11 Å². The van der Waals surface area contributed by atoms with Crippen LogP contribution in [0.15, 0.2) is 67.4 Å². The Kier molecular flexibility index (Phi) is 6.29. The van der Waals surface area contributed by atoms with Crippen molar-refractivity contribution in [3.05, 3.63) is 89.8 Å². The van der Waals surface area contributed by atoms with Crippen molar-refractivity contribution in [2.45, 2.75) is 30.8 Å². The van der Waals surface area contributed by atoms with Gasteiger partial charge in [0.25, 0.3) is 0 Å². The zero-order valence-electron chi connectivity index (χ0n) is 17.3. The summed E-state index contributed by atoms with van der Waals surface area (Å²) in [6.45, 7) is 0.734. The molecule has 0 bridgehead atoms. The number of pyridine rings is 1. The molecule has 7 heteroatoms. The molecule has 7 nitrogen and oxygen atoms in total. The molecule has 3 atom stereocenters. The van der Waals surface area contributed by atoms with Gasteiger partial charge in [-0.15, -0.1) is 0 Å². The smallest absolute Gasteiger partial charge is 0.323 e. The number of hydrogen-bond donors (Lipinski definition) is 0.